The van der Waals surface area contributed by atoms with Crippen LogP contribution in [0, 0.1) is 5.92 Å². The van der Waals surface area contributed by atoms with Crippen LogP contribution in [0.4, 0.5) is 0 Å². The predicted molar refractivity (Wildman–Crippen MR) is 77.6 cm³/mol. The Morgan fingerprint density at radius 2 is 2.24 bits per heavy atom. The van der Waals surface area contributed by atoms with Gasteiger partial charge in [-0.1, -0.05) is 19.1 Å². The molecule has 3 rings (SSSR count). The standard InChI is InChI=1S/C16H20N2O3/c1-10-5-14(10)18-9-12(8-16(18)21)17-15(20)7-11-3-2-4-13(19)6-11/h2-4,6,10,12,14,19H,5,7-9H2,1H3,(H,17,20)/t10-,12-,14+/m1/s1. The van der Waals surface area contributed by atoms with E-state index in [1.807, 2.05) is 4.90 Å². The Balaban J connectivity index is 1.52. The van der Waals surface area contributed by atoms with E-state index in [1.54, 1.807) is 24.3 Å². The van der Waals surface area contributed by atoms with E-state index in [-0.39, 0.29) is 30.0 Å². The number of amides is 2. The molecule has 2 aliphatic rings. The van der Waals surface area contributed by atoms with Crippen molar-refractivity contribution in [3.8, 4) is 5.75 Å². The zero-order valence-corrected chi connectivity index (χ0v) is 12.1. The number of nitrogens with zero attached hydrogens (tertiary/aromatic N) is 1. The number of likely N-dealkylation sites (tertiary alicyclic amines) is 1. The number of benzene rings is 1. The summed E-state index contributed by atoms with van der Waals surface area (Å²) in [5.41, 5.74) is 0.768. The molecule has 0 unspecified atom stereocenters. The summed E-state index contributed by atoms with van der Waals surface area (Å²) in [7, 11) is 0. The molecule has 2 fully saturated rings. The molecule has 1 heterocycles. The number of phenols is 1. The average molecular weight is 288 g/mol. The molecule has 1 aliphatic carbocycles. The monoisotopic (exact) mass is 288 g/mol. The second-order valence-electron chi connectivity index (χ2n) is 6.14. The van der Waals surface area contributed by atoms with Gasteiger partial charge >= 0.3 is 0 Å². The Bertz CT molecular complexity index is 572. The van der Waals surface area contributed by atoms with Crippen molar-refractivity contribution >= 4 is 11.8 Å². The summed E-state index contributed by atoms with van der Waals surface area (Å²) in [5.74, 6) is 0.789. The molecule has 0 spiro atoms. The van der Waals surface area contributed by atoms with Gasteiger partial charge in [0.2, 0.25) is 11.8 Å². The molecule has 1 aromatic carbocycles. The number of rotatable bonds is 4. The molecule has 21 heavy (non-hydrogen) atoms. The van der Waals surface area contributed by atoms with Gasteiger partial charge in [-0.15, -0.1) is 0 Å². The van der Waals surface area contributed by atoms with Gasteiger partial charge in [-0.25, -0.2) is 0 Å². The van der Waals surface area contributed by atoms with Crippen LogP contribution >= 0.6 is 0 Å². The molecule has 1 aromatic rings. The average Bonchev–Trinajstić information content (AvgIpc) is 3.01. The minimum absolute atomic E-state index is 0.0879. The topological polar surface area (TPSA) is 69.6 Å². The highest BCUT2D eigenvalue weighted by atomic mass is 16.3. The van der Waals surface area contributed by atoms with Crippen molar-refractivity contribution in [2.24, 2.45) is 5.92 Å². The van der Waals surface area contributed by atoms with Crippen molar-refractivity contribution in [2.45, 2.75) is 38.3 Å². The Morgan fingerprint density at radius 3 is 2.90 bits per heavy atom. The van der Waals surface area contributed by atoms with Gasteiger partial charge in [-0.05, 0) is 30.0 Å². The van der Waals surface area contributed by atoms with Gasteiger partial charge in [0.05, 0.1) is 12.5 Å². The second kappa shape index (κ2) is 5.39. The molecular formula is C16H20N2O3. The van der Waals surface area contributed by atoms with Crippen LogP contribution in [-0.4, -0.2) is 40.4 Å². The third-order valence-electron chi connectivity index (χ3n) is 4.27. The zero-order valence-electron chi connectivity index (χ0n) is 12.1. The van der Waals surface area contributed by atoms with E-state index >= 15 is 0 Å². The van der Waals surface area contributed by atoms with E-state index in [2.05, 4.69) is 12.2 Å². The first kappa shape index (κ1) is 13.9. The van der Waals surface area contributed by atoms with Gasteiger partial charge < -0.3 is 15.3 Å². The van der Waals surface area contributed by atoms with E-state index in [1.165, 1.54) is 0 Å². The number of carbonyl (C=O) groups excluding carboxylic acids is 2. The van der Waals surface area contributed by atoms with Crippen molar-refractivity contribution < 1.29 is 14.7 Å². The molecule has 5 nitrogen and oxygen atoms in total. The van der Waals surface area contributed by atoms with Crippen LogP contribution in [0.3, 0.4) is 0 Å². The van der Waals surface area contributed by atoms with E-state index in [0.717, 1.165) is 12.0 Å². The maximum Gasteiger partial charge on any atom is 0.225 e. The van der Waals surface area contributed by atoms with Crippen molar-refractivity contribution in [1.82, 2.24) is 10.2 Å². The van der Waals surface area contributed by atoms with Crippen molar-refractivity contribution in [2.75, 3.05) is 6.54 Å². The molecule has 0 radical (unpaired) electrons. The lowest BCUT2D eigenvalue weighted by Gasteiger charge is -2.17. The first-order chi connectivity index (χ1) is 10.0. The molecule has 5 heteroatoms. The number of nitrogens with one attached hydrogen (secondary N) is 1. The summed E-state index contributed by atoms with van der Waals surface area (Å²) in [4.78, 5) is 25.9. The van der Waals surface area contributed by atoms with Gasteiger partial charge in [0, 0.05) is 19.0 Å². The third-order valence-corrected chi connectivity index (χ3v) is 4.27. The van der Waals surface area contributed by atoms with Crippen LogP contribution < -0.4 is 5.32 Å². The molecule has 3 atom stereocenters. The van der Waals surface area contributed by atoms with Crippen LogP contribution in [-0.2, 0) is 16.0 Å². The molecular weight excluding hydrogens is 268 g/mol. The minimum Gasteiger partial charge on any atom is -0.508 e. The Hall–Kier alpha value is -2.04. The Labute approximate surface area is 123 Å². The van der Waals surface area contributed by atoms with E-state index in [9.17, 15) is 14.7 Å². The lowest BCUT2D eigenvalue weighted by atomic mass is 10.1. The van der Waals surface area contributed by atoms with Gasteiger partial charge in [0.15, 0.2) is 0 Å². The molecule has 1 aliphatic heterocycles. The number of carbonyl (C=O) groups is 2. The van der Waals surface area contributed by atoms with Crippen LogP contribution in [0.5, 0.6) is 5.75 Å². The van der Waals surface area contributed by atoms with Crippen LogP contribution in [0.25, 0.3) is 0 Å². The number of hydrogen-bond acceptors (Lipinski definition) is 3. The summed E-state index contributed by atoms with van der Waals surface area (Å²) in [6.45, 7) is 2.77. The SMILES string of the molecule is C[C@@H]1C[C@@H]1N1C[C@H](NC(=O)Cc2cccc(O)c2)CC1=O. The highest BCUT2D eigenvalue weighted by molar-refractivity contribution is 5.83. The van der Waals surface area contributed by atoms with Crippen molar-refractivity contribution in [3.05, 3.63) is 29.8 Å². The highest BCUT2D eigenvalue weighted by Crippen LogP contribution is 2.37. The summed E-state index contributed by atoms with van der Waals surface area (Å²) in [5, 5.41) is 12.3. The van der Waals surface area contributed by atoms with Gasteiger partial charge in [0.25, 0.3) is 0 Å². The Morgan fingerprint density at radius 1 is 1.48 bits per heavy atom. The second-order valence-corrected chi connectivity index (χ2v) is 6.14. The van der Waals surface area contributed by atoms with Gasteiger partial charge in [-0.3, -0.25) is 9.59 Å². The van der Waals surface area contributed by atoms with Crippen LogP contribution in [0.2, 0.25) is 0 Å². The lowest BCUT2D eigenvalue weighted by molar-refractivity contribution is -0.128. The quantitative estimate of drug-likeness (QED) is 0.870. The van der Waals surface area contributed by atoms with E-state index in [4.69, 9.17) is 0 Å². The number of hydrogen-bond donors (Lipinski definition) is 2. The molecule has 112 valence electrons. The molecule has 0 aromatic heterocycles. The normalized spacial score (nSPS) is 27.8. The van der Waals surface area contributed by atoms with E-state index < -0.39 is 0 Å². The molecule has 2 N–H and O–H groups in total. The first-order valence-corrected chi connectivity index (χ1v) is 7.39. The fraction of sp³-hybridized carbons (Fsp3) is 0.500. The summed E-state index contributed by atoms with van der Waals surface area (Å²) < 4.78 is 0. The molecule has 1 saturated carbocycles. The minimum atomic E-state index is -0.107. The third kappa shape index (κ3) is 3.17. The van der Waals surface area contributed by atoms with Crippen molar-refractivity contribution in [3.63, 3.8) is 0 Å². The highest BCUT2D eigenvalue weighted by Gasteiger charge is 2.44. The zero-order chi connectivity index (χ0) is 15.0. The smallest absolute Gasteiger partial charge is 0.225 e. The number of aromatic hydroxyl groups is 1. The van der Waals surface area contributed by atoms with Crippen LogP contribution in [0.15, 0.2) is 24.3 Å². The maximum absolute atomic E-state index is 12.0. The fourth-order valence-electron chi connectivity index (χ4n) is 3.02. The number of phenolic OH excluding ortho intramolecular Hbond substituents is 1. The first-order valence-electron chi connectivity index (χ1n) is 7.39. The molecule has 0 bridgehead atoms. The van der Waals surface area contributed by atoms with Gasteiger partial charge in [-0.2, -0.15) is 0 Å². The van der Waals surface area contributed by atoms with Crippen LogP contribution in [0.1, 0.15) is 25.3 Å². The van der Waals surface area contributed by atoms with Crippen molar-refractivity contribution in [1.29, 1.82) is 0 Å². The molecule has 2 amide bonds. The maximum atomic E-state index is 12.0. The largest absolute Gasteiger partial charge is 0.508 e. The summed E-state index contributed by atoms with van der Waals surface area (Å²) in [6, 6.07) is 6.97. The molecule has 1 saturated heterocycles. The fourth-order valence-corrected chi connectivity index (χ4v) is 3.02. The lowest BCUT2D eigenvalue weighted by Crippen LogP contribution is -2.38. The van der Waals surface area contributed by atoms with E-state index in [0.29, 0.717) is 24.9 Å². The Kier molecular flexibility index (Phi) is 3.57. The van der Waals surface area contributed by atoms with Gasteiger partial charge in [0.1, 0.15) is 5.75 Å². The summed E-state index contributed by atoms with van der Waals surface area (Å²) in [6.07, 6.45) is 1.70. The summed E-state index contributed by atoms with van der Waals surface area (Å²) >= 11 is 0. The predicted octanol–water partition coefficient (Wildman–Crippen LogP) is 1.06.